The van der Waals surface area contributed by atoms with Crippen LogP contribution >= 0.6 is 0 Å². The quantitative estimate of drug-likeness (QED) is 0.794. The van der Waals surface area contributed by atoms with Gasteiger partial charge in [-0.25, -0.2) is 0 Å². The second-order valence-electron chi connectivity index (χ2n) is 4.63. The summed E-state index contributed by atoms with van der Waals surface area (Å²) in [6.07, 6.45) is 0. The lowest BCUT2D eigenvalue weighted by molar-refractivity contribution is 0.0317. The minimum absolute atomic E-state index is 0.331. The topological polar surface area (TPSA) is 76.7 Å². The third-order valence-corrected chi connectivity index (χ3v) is 2.91. The summed E-state index contributed by atoms with van der Waals surface area (Å²) in [4.78, 5) is 12.5. The summed E-state index contributed by atoms with van der Waals surface area (Å²) in [7, 11) is 3.80. The molecule has 19 heavy (non-hydrogen) atoms. The first-order valence-electron chi connectivity index (χ1n) is 6.40. The summed E-state index contributed by atoms with van der Waals surface area (Å²) in [6, 6.07) is 2.05. The van der Waals surface area contributed by atoms with Crippen LogP contribution < -0.4 is 15.4 Å². The minimum Gasteiger partial charge on any atom is -0.462 e. The first kappa shape index (κ1) is 13.8. The predicted octanol–water partition coefficient (Wildman–Crippen LogP) is -0.164. The molecule has 0 aliphatic carbocycles. The number of aromatic nitrogens is 2. The zero-order valence-electron chi connectivity index (χ0n) is 11.5. The van der Waals surface area contributed by atoms with Gasteiger partial charge in [-0.2, -0.15) is 9.97 Å². The Balaban J connectivity index is 1.84. The van der Waals surface area contributed by atoms with Crippen molar-refractivity contribution >= 4 is 11.6 Å². The summed E-state index contributed by atoms with van der Waals surface area (Å²) in [5.74, 6) is 1.16. The van der Waals surface area contributed by atoms with E-state index < -0.39 is 0 Å². The van der Waals surface area contributed by atoms with Gasteiger partial charge in [0.15, 0.2) is 0 Å². The molecule has 0 amide bonds. The smallest absolute Gasteiger partial charge is 0.320 e. The molecule has 0 bridgehead atoms. The molecule has 1 aliphatic rings. The van der Waals surface area contributed by atoms with Crippen molar-refractivity contribution in [3.63, 3.8) is 0 Å². The van der Waals surface area contributed by atoms with Gasteiger partial charge in [-0.3, -0.25) is 4.90 Å². The standard InChI is InChI=1S/C12H21N5O2/c1-16(2)11-9-10(13)14-12(15-11)19-8-5-17-3-6-18-7-4-17/h9H,3-8H2,1-2H3,(H2,13,14,15). The van der Waals surface area contributed by atoms with Crippen LogP contribution in [0.15, 0.2) is 6.07 Å². The second kappa shape index (κ2) is 6.53. The van der Waals surface area contributed by atoms with Crippen LogP contribution in [0.1, 0.15) is 0 Å². The van der Waals surface area contributed by atoms with Crippen LogP contribution in [0.25, 0.3) is 0 Å². The predicted molar refractivity (Wildman–Crippen MR) is 73.5 cm³/mol. The molecular weight excluding hydrogens is 246 g/mol. The molecule has 106 valence electrons. The van der Waals surface area contributed by atoms with Gasteiger partial charge in [0.1, 0.15) is 18.2 Å². The Kier molecular flexibility index (Phi) is 4.75. The monoisotopic (exact) mass is 267 g/mol. The van der Waals surface area contributed by atoms with E-state index in [9.17, 15) is 0 Å². The van der Waals surface area contributed by atoms with Crippen molar-refractivity contribution in [2.45, 2.75) is 0 Å². The Labute approximate surface area is 113 Å². The van der Waals surface area contributed by atoms with Crippen LogP contribution in [0.4, 0.5) is 11.6 Å². The van der Waals surface area contributed by atoms with Gasteiger partial charge >= 0.3 is 6.01 Å². The van der Waals surface area contributed by atoms with E-state index in [0.29, 0.717) is 18.4 Å². The zero-order chi connectivity index (χ0) is 13.7. The Bertz CT molecular complexity index is 407. The number of hydrogen-bond donors (Lipinski definition) is 1. The molecule has 2 rings (SSSR count). The number of rotatable bonds is 5. The molecule has 1 saturated heterocycles. The summed E-state index contributed by atoms with van der Waals surface area (Å²) in [5.41, 5.74) is 5.73. The van der Waals surface area contributed by atoms with Gasteiger partial charge in [0.25, 0.3) is 0 Å². The lowest BCUT2D eigenvalue weighted by Crippen LogP contribution is -2.38. The van der Waals surface area contributed by atoms with Crippen molar-refractivity contribution in [2.75, 3.05) is 64.2 Å². The fourth-order valence-electron chi connectivity index (χ4n) is 1.81. The molecule has 7 heteroatoms. The average molecular weight is 267 g/mol. The van der Waals surface area contributed by atoms with Gasteiger partial charge in [-0.1, -0.05) is 0 Å². The van der Waals surface area contributed by atoms with E-state index in [0.717, 1.165) is 38.7 Å². The van der Waals surface area contributed by atoms with Crippen molar-refractivity contribution < 1.29 is 9.47 Å². The van der Waals surface area contributed by atoms with Crippen molar-refractivity contribution in [2.24, 2.45) is 0 Å². The fourth-order valence-corrected chi connectivity index (χ4v) is 1.81. The minimum atomic E-state index is 0.331. The molecule has 0 unspecified atom stereocenters. The Hall–Kier alpha value is -1.60. The van der Waals surface area contributed by atoms with Crippen LogP contribution in [-0.2, 0) is 4.74 Å². The van der Waals surface area contributed by atoms with Crippen LogP contribution in [0.3, 0.4) is 0 Å². The molecule has 0 spiro atoms. The third-order valence-electron chi connectivity index (χ3n) is 2.91. The van der Waals surface area contributed by atoms with E-state index in [2.05, 4.69) is 14.9 Å². The molecule has 0 atom stereocenters. The van der Waals surface area contributed by atoms with Gasteiger partial charge in [0.05, 0.1) is 13.2 Å². The number of anilines is 2. The first-order chi connectivity index (χ1) is 9.15. The molecule has 1 fully saturated rings. The first-order valence-corrected chi connectivity index (χ1v) is 6.40. The molecule has 2 N–H and O–H groups in total. The maximum absolute atomic E-state index is 5.73. The maximum Gasteiger partial charge on any atom is 0.320 e. The lowest BCUT2D eigenvalue weighted by Gasteiger charge is -2.26. The number of morpholine rings is 1. The van der Waals surface area contributed by atoms with E-state index in [4.69, 9.17) is 15.2 Å². The molecule has 0 radical (unpaired) electrons. The molecule has 7 nitrogen and oxygen atoms in total. The van der Waals surface area contributed by atoms with Crippen molar-refractivity contribution in [3.05, 3.63) is 6.07 Å². The highest BCUT2D eigenvalue weighted by molar-refractivity contribution is 5.46. The van der Waals surface area contributed by atoms with Crippen LogP contribution in [0.5, 0.6) is 6.01 Å². The zero-order valence-corrected chi connectivity index (χ0v) is 11.5. The molecule has 1 aromatic rings. The third kappa shape index (κ3) is 4.22. The Morgan fingerprint density at radius 1 is 1.37 bits per heavy atom. The highest BCUT2D eigenvalue weighted by atomic mass is 16.5. The summed E-state index contributed by atoms with van der Waals surface area (Å²) in [6.45, 7) is 4.88. The van der Waals surface area contributed by atoms with Crippen LogP contribution in [0, 0.1) is 0 Å². The number of ether oxygens (including phenoxy) is 2. The lowest BCUT2D eigenvalue weighted by atomic mass is 10.4. The van der Waals surface area contributed by atoms with E-state index in [1.165, 1.54) is 0 Å². The number of nitrogen functional groups attached to an aromatic ring is 1. The molecular formula is C12H21N5O2. The Morgan fingerprint density at radius 3 is 2.79 bits per heavy atom. The maximum atomic E-state index is 5.73. The summed E-state index contributed by atoms with van der Waals surface area (Å²) in [5, 5.41) is 0. The number of nitrogens with zero attached hydrogens (tertiary/aromatic N) is 4. The van der Waals surface area contributed by atoms with E-state index >= 15 is 0 Å². The number of nitrogens with two attached hydrogens (primary N) is 1. The van der Waals surface area contributed by atoms with Gasteiger partial charge in [-0.15, -0.1) is 0 Å². The SMILES string of the molecule is CN(C)c1cc(N)nc(OCCN2CCOCC2)n1. The van der Waals surface area contributed by atoms with Gasteiger partial charge in [0, 0.05) is 39.8 Å². The second-order valence-corrected chi connectivity index (χ2v) is 4.63. The van der Waals surface area contributed by atoms with Crippen LogP contribution in [0.2, 0.25) is 0 Å². The largest absolute Gasteiger partial charge is 0.462 e. The van der Waals surface area contributed by atoms with E-state index in [1.807, 2.05) is 19.0 Å². The summed E-state index contributed by atoms with van der Waals surface area (Å²) >= 11 is 0. The van der Waals surface area contributed by atoms with E-state index in [1.54, 1.807) is 6.07 Å². The molecule has 2 heterocycles. The Morgan fingerprint density at radius 2 is 2.11 bits per heavy atom. The fraction of sp³-hybridized carbons (Fsp3) is 0.667. The van der Waals surface area contributed by atoms with Gasteiger partial charge in [0.2, 0.25) is 0 Å². The van der Waals surface area contributed by atoms with Gasteiger partial charge in [-0.05, 0) is 0 Å². The average Bonchev–Trinajstić information content (AvgIpc) is 2.39. The molecule has 0 saturated carbocycles. The molecule has 1 aliphatic heterocycles. The van der Waals surface area contributed by atoms with E-state index in [-0.39, 0.29) is 0 Å². The molecule has 0 aromatic carbocycles. The van der Waals surface area contributed by atoms with Crippen molar-refractivity contribution in [1.29, 1.82) is 0 Å². The highest BCUT2D eigenvalue weighted by Crippen LogP contribution is 2.15. The van der Waals surface area contributed by atoms with Crippen LogP contribution in [-0.4, -0.2) is 68.4 Å². The highest BCUT2D eigenvalue weighted by Gasteiger charge is 2.11. The summed E-state index contributed by atoms with van der Waals surface area (Å²) < 4.78 is 10.9. The van der Waals surface area contributed by atoms with Gasteiger partial charge < -0.3 is 20.1 Å². The van der Waals surface area contributed by atoms with Crippen molar-refractivity contribution in [1.82, 2.24) is 14.9 Å². The number of hydrogen-bond acceptors (Lipinski definition) is 7. The van der Waals surface area contributed by atoms with Crippen molar-refractivity contribution in [3.8, 4) is 6.01 Å². The molecule has 1 aromatic heterocycles. The normalized spacial score (nSPS) is 16.3.